The zero-order valence-corrected chi connectivity index (χ0v) is 8.38. The number of nitrogens with two attached hydrogens (primary N) is 1. The van der Waals surface area contributed by atoms with E-state index in [-0.39, 0.29) is 23.4 Å². The number of hydrogen-bond acceptors (Lipinski definition) is 1. The molecule has 0 aliphatic rings. The van der Waals surface area contributed by atoms with Crippen LogP contribution in [0, 0.1) is 11.6 Å². The molecule has 0 saturated carbocycles. The summed E-state index contributed by atoms with van der Waals surface area (Å²) in [6.45, 7) is 0.120. The molecular weight excluding hydrogens is 251 g/mol. The van der Waals surface area contributed by atoms with Crippen LogP contribution < -0.4 is 5.73 Å². The summed E-state index contributed by atoms with van der Waals surface area (Å²) in [5.41, 5.74) is 5.66. The summed E-state index contributed by atoms with van der Waals surface area (Å²) in [4.78, 5) is 0. The van der Waals surface area contributed by atoms with Gasteiger partial charge in [0, 0.05) is 12.6 Å². The van der Waals surface area contributed by atoms with Crippen molar-refractivity contribution in [3.8, 4) is 0 Å². The summed E-state index contributed by atoms with van der Waals surface area (Å²) in [5, 5.41) is 0. The fourth-order valence-corrected chi connectivity index (χ4v) is 1.15. The van der Waals surface area contributed by atoms with E-state index in [4.69, 9.17) is 5.73 Å². The van der Waals surface area contributed by atoms with Crippen LogP contribution in [0.5, 0.6) is 0 Å². The molecule has 0 amide bonds. The first-order valence-corrected chi connectivity index (χ1v) is 3.78. The maximum absolute atomic E-state index is 12.7. The molecule has 2 N–H and O–H groups in total. The molecule has 0 spiro atoms. The van der Waals surface area contributed by atoms with Crippen LogP contribution in [0.3, 0.4) is 0 Å². The SMILES string of the molecule is Cl.NCc1cc(F)cc(F)c1Br. The quantitative estimate of drug-likeness (QED) is 0.770. The van der Waals surface area contributed by atoms with Crippen molar-refractivity contribution in [1.82, 2.24) is 0 Å². The molecule has 0 fully saturated rings. The lowest BCUT2D eigenvalue weighted by atomic mass is 10.2. The summed E-state index contributed by atoms with van der Waals surface area (Å²) in [6.07, 6.45) is 0. The Morgan fingerprint density at radius 3 is 2.42 bits per heavy atom. The lowest BCUT2D eigenvalue weighted by Crippen LogP contribution is -1.99. The van der Waals surface area contributed by atoms with Gasteiger partial charge in [-0.15, -0.1) is 12.4 Å². The lowest BCUT2D eigenvalue weighted by Gasteiger charge is -2.01. The van der Waals surface area contributed by atoms with Gasteiger partial charge in [0.15, 0.2) is 0 Å². The molecule has 0 bridgehead atoms. The van der Waals surface area contributed by atoms with Gasteiger partial charge in [-0.05, 0) is 27.6 Å². The van der Waals surface area contributed by atoms with Crippen LogP contribution in [0.25, 0.3) is 0 Å². The van der Waals surface area contributed by atoms with Crippen LogP contribution in [0.4, 0.5) is 8.78 Å². The fourth-order valence-electron chi connectivity index (χ4n) is 0.758. The molecule has 1 aromatic rings. The molecule has 1 aromatic carbocycles. The highest BCUT2D eigenvalue weighted by molar-refractivity contribution is 9.10. The Kier molecular flexibility index (Phi) is 4.67. The van der Waals surface area contributed by atoms with Crippen molar-refractivity contribution in [3.63, 3.8) is 0 Å². The summed E-state index contributed by atoms with van der Waals surface area (Å²) >= 11 is 2.95. The summed E-state index contributed by atoms with van der Waals surface area (Å²) in [7, 11) is 0. The Balaban J connectivity index is 0.00000121. The highest BCUT2D eigenvalue weighted by Crippen LogP contribution is 2.21. The second kappa shape index (κ2) is 4.74. The molecule has 12 heavy (non-hydrogen) atoms. The molecule has 0 heterocycles. The van der Waals surface area contributed by atoms with Crippen molar-refractivity contribution >= 4 is 28.3 Å². The van der Waals surface area contributed by atoms with Crippen molar-refractivity contribution in [2.45, 2.75) is 6.54 Å². The van der Waals surface area contributed by atoms with Gasteiger partial charge in [0.2, 0.25) is 0 Å². The van der Waals surface area contributed by atoms with Crippen LogP contribution in [0.15, 0.2) is 16.6 Å². The molecule has 0 saturated heterocycles. The van der Waals surface area contributed by atoms with Crippen molar-refractivity contribution in [2.24, 2.45) is 5.73 Å². The van der Waals surface area contributed by atoms with Gasteiger partial charge in [-0.3, -0.25) is 0 Å². The van der Waals surface area contributed by atoms with Gasteiger partial charge in [-0.1, -0.05) is 0 Å². The molecule has 68 valence electrons. The van der Waals surface area contributed by atoms with Gasteiger partial charge in [0.25, 0.3) is 0 Å². The third-order valence-electron chi connectivity index (χ3n) is 1.29. The molecule has 0 radical (unpaired) electrons. The highest BCUT2D eigenvalue weighted by atomic mass is 79.9. The molecule has 0 atom stereocenters. The van der Waals surface area contributed by atoms with Crippen molar-refractivity contribution in [1.29, 1.82) is 0 Å². The summed E-state index contributed by atoms with van der Waals surface area (Å²) < 4.78 is 25.4. The first-order valence-electron chi connectivity index (χ1n) is 2.98. The Morgan fingerprint density at radius 1 is 1.33 bits per heavy atom. The van der Waals surface area contributed by atoms with E-state index in [9.17, 15) is 8.78 Å². The molecular formula is C7H7BrClF2N. The van der Waals surface area contributed by atoms with Crippen LogP contribution in [0.2, 0.25) is 0 Å². The van der Waals surface area contributed by atoms with E-state index < -0.39 is 11.6 Å². The maximum Gasteiger partial charge on any atom is 0.140 e. The molecule has 5 heteroatoms. The van der Waals surface area contributed by atoms with E-state index in [0.29, 0.717) is 5.56 Å². The van der Waals surface area contributed by atoms with Crippen molar-refractivity contribution in [3.05, 3.63) is 33.8 Å². The van der Waals surface area contributed by atoms with Gasteiger partial charge in [0.1, 0.15) is 11.6 Å². The third kappa shape index (κ3) is 2.40. The molecule has 1 rings (SSSR count). The van der Waals surface area contributed by atoms with Crippen LogP contribution in [-0.2, 0) is 6.54 Å². The number of benzene rings is 1. The zero-order chi connectivity index (χ0) is 8.43. The van der Waals surface area contributed by atoms with Gasteiger partial charge in [-0.25, -0.2) is 8.78 Å². The minimum absolute atomic E-state index is 0. The Labute approximate surface area is 83.5 Å². The van der Waals surface area contributed by atoms with Gasteiger partial charge in [0.05, 0.1) is 4.47 Å². The van der Waals surface area contributed by atoms with E-state index in [2.05, 4.69) is 15.9 Å². The predicted octanol–water partition coefficient (Wildman–Crippen LogP) is 2.61. The fraction of sp³-hybridized carbons (Fsp3) is 0.143. The van der Waals surface area contributed by atoms with E-state index in [1.54, 1.807) is 0 Å². The average Bonchev–Trinajstić information content (AvgIpc) is 1.96. The second-order valence-electron chi connectivity index (χ2n) is 2.06. The van der Waals surface area contributed by atoms with E-state index in [1.165, 1.54) is 6.07 Å². The normalized spacial score (nSPS) is 9.33. The predicted molar refractivity (Wildman–Crippen MR) is 49.2 cm³/mol. The van der Waals surface area contributed by atoms with E-state index in [0.717, 1.165) is 6.07 Å². The number of rotatable bonds is 1. The molecule has 0 unspecified atom stereocenters. The van der Waals surface area contributed by atoms with Gasteiger partial charge < -0.3 is 5.73 Å². The van der Waals surface area contributed by atoms with Crippen LogP contribution in [-0.4, -0.2) is 0 Å². The van der Waals surface area contributed by atoms with Gasteiger partial charge >= 0.3 is 0 Å². The Morgan fingerprint density at radius 2 is 1.92 bits per heavy atom. The molecule has 0 aliphatic carbocycles. The number of hydrogen-bond donors (Lipinski definition) is 1. The zero-order valence-electron chi connectivity index (χ0n) is 5.98. The third-order valence-corrected chi connectivity index (χ3v) is 2.18. The Hall–Kier alpha value is -0.190. The smallest absolute Gasteiger partial charge is 0.140 e. The minimum Gasteiger partial charge on any atom is -0.326 e. The lowest BCUT2D eigenvalue weighted by molar-refractivity contribution is 0.575. The molecule has 1 nitrogen and oxygen atoms in total. The second-order valence-corrected chi connectivity index (χ2v) is 2.86. The van der Waals surface area contributed by atoms with Gasteiger partial charge in [-0.2, -0.15) is 0 Å². The first kappa shape index (κ1) is 11.8. The molecule has 0 aromatic heterocycles. The topological polar surface area (TPSA) is 26.0 Å². The Bertz CT molecular complexity index is 280. The van der Waals surface area contributed by atoms with Crippen LogP contribution >= 0.6 is 28.3 Å². The van der Waals surface area contributed by atoms with Crippen LogP contribution in [0.1, 0.15) is 5.56 Å². The maximum atomic E-state index is 12.7. The van der Waals surface area contributed by atoms with Crippen molar-refractivity contribution < 1.29 is 8.78 Å². The first-order chi connectivity index (χ1) is 5.15. The summed E-state index contributed by atoms with van der Waals surface area (Å²) in [6, 6.07) is 2.01. The molecule has 0 aliphatic heterocycles. The minimum atomic E-state index is -0.620. The summed E-state index contributed by atoms with van der Waals surface area (Å²) in [5.74, 6) is -1.23. The highest BCUT2D eigenvalue weighted by Gasteiger charge is 2.06. The van der Waals surface area contributed by atoms with E-state index in [1.807, 2.05) is 0 Å². The van der Waals surface area contributed by atoms with E-state index >= 15 is 0 Å². The largest absolute Gasteiger partial charge is 0.326 e. The number of halogens is 4. The van der Waals surface area contributed by atoms with Crippen molar-refractivity contribution in [2.75, 3.05) is 0 Å². The average molecular weight is 258 g/mol. The monoisotopic (exact) mass is 257 g/mol. The standard InChI is InChI=1S/C7H6BrF2N.ClH/c8-7-4(3-11)1-5(9)2-6(7)10;/h1-2H,3,11H2;1H.